The fraction of sp³-hybridized carbons (Fsp3) is 0.391. The molecule has 0 atom stereocenters. The van der Waals surface area contributed by atoms with Gasteiger partial charge in [-0.2, -0.15) is 0 Å². The molecule has 0 heterocycles. The van der Waals surface area contributed by atoms with Crippen molar-refractivity contribution >= 4 is 25.2 Å². The maximum absolute atomic E-state index is 3.90. The van der Waals surface area contributed by atoms with Crippen molar-refractivity contribution in [1.82, 2.24) is 0 Å². The Morgan fingerprint density at radius 1 is 0.960 bits per heavy atom. The average molecular weight is 350 g/mol. The zero-order valence-corrected chi connectivity index (χ0v) is 17.7. The molecule has 132 valence electrons. The molecule has 0 bridgehead atoms. The highest BCUT2D eigenvalue weighted by Crippen LogP contribution is 2.31. The third-order valence-corrected chi connectivity index (χ3v) is 7.90. The van der Waals surface area contributed by atoms with Gasteiger partial charge in [0, 0.05) is 5.69 Å². The van der Waals surface area contributed by atoms with Gasteiger partial charge in [-0.05, 0) is 72.8 Å². The maximum Gasteiger partial charge on any atom is 0.179 e. The van der Waals surface area contributed by atoms with Gasteiger partial charge < -0.3 is 4.98 Å². The highest BCUT2D eigenvalue weighted by molar-refractivity contribution is 6.92. The molecule has 0 unspecified atom stereocenters. The van der Waals surface area contributed by atoms with E-state index >= 15 is 0 Å². The van der Waals surface area contributed by atoms with E-state index in [-0.39, 0.29) is 5.41 Å². The normalized spacial score (nSPS) is 14.3. The molecule has 3 rings (SSSR count). The molecule has 1 N–H and O–H groups in total. The summed E-state index contributed by atoms with van der Waals surface area (Å²) in [5.41, 5.74) is 8.61. The highest BCUT2D eigenvalue weighted by Gasteiger charge is 2.31. The van der Waals surface area contributed by atoms with Gasteiger partial charge in [-0.1, -0.05) is 62.2 Å². The molecule has 1 aliphatic carbocycles. The fourth-order valence-electron chi connectivity index (χ4n) is 3.67. The van der Waals surface area contributed by atoms with Crippen molar-refractivity contribution in [3.63, 3.8) is 0 Å². The van der Waals surface area contributed by atoms with Crippen LogP contribution in [0, 0.1) is 6.92 Å². The molecule has 0 saturated heterocycles. The summed E-state index contributed by atoms with van der Waals surface area (Å²) in [6, 6.07) is 13.7. The molecule has 0 radical (unpaired) electrons. The van der Waals surface area contributed by atoms with Crippen molar-refractivity contribution < 1.29 is 0 Å². The number of allylic oxidation sites excluding steroid dienone is 1. The summed E-state index contributed by atoms with van der Waals surface area (Å²) in [7, 11) is -1.82. The number of benzene rings is 2. The molecule has 0 saturated carbocycles. The molecule has 0 fully saturated rings. The first-order chi connectivity index (χ1) is 11.6. The molecule has 0 aliphatic heterocycles. The molecule has 1 aliphatic rings. The summed E-state index contributed by atoms with van der Waals surface area (Å²) in [4.78, 5) is 3.90. The first-order valence-electron chi connectivity index (χ1n) is 9.26. The fourth-order valence-corrected chi connectivity index (χ4v) is 6.20. The van der Waals surface area contributed by atoms with Gasteiger partial charge in [-0.25, -0.2) is 0 Å². The third-order valence-electron chi connectivity index (χ3n) is 5.19. The summed E-state index contributed by atoms with van der Waals surface area (Å²) < 4.78 is 0. The first kappa shape index (κ1) is 18.0. The summed E-state index contributed by atoms with van der Waals surface area (Å²) in [6.45, 7) is 16.2. The molecule has 25 heavy (non-hydrogen) atoms. The second-order valence-electron chi connectivity index (χ2n) is 9.13. The summed E-state index contributed by atoms with van der Waals surface area (Å²) in [5, 5.41) is 1.56. The summed E-state index contributed by atoms with van der Waals surface area (Å²) in [6.07, 6.45) is 3.48. The second-order valence-corrected chi connectivity index (χ2v) is 13.2. The number of hydrogen-bond donors (Lipinski definition) is 1. The Morgan fingerprint density at radius 3 is 2.20 bits per heavy atom. The second kappa shape index (κ2) is 6.17. The maximum atomic E-state index is 3.90. The van der Waals surface area contributed by atoms with E-state index in [1.807, 2.05) is 0 Å². The van der Waals surface area contributed by atoms with E-state index in [0.717, 1.165) is 6.42 Å². The largest absolute Gasteiger partial charge is 0.407 e. The molecular weight excluding hydrogens is 318 g/mol. The minimum atomic E-state index is -1.82. The third kappa shape index (κ3) is 3.74. The lowest BCUT2D eigenvalue weighted by atomic mass is 9.85. The van der Waals surface area contributed by atoms with E-state index in [4.69, 9.17) is 0 Å². The molecule has 0 amide bonds. The van der Waals surface area contributed by atoms with Crippen LogP contribution in [0.3, 0.4) is 0 Å². The lowest BCUT2D eigenvalue weighted by Gasteiger charge is -2.31. The Balaban J connectivity index is 2.06. The Kier molecular flexibility index (Phi) is 4.44. The van der Waals surface area contributed by atoms with E-state index < -0.39 is 8.24 Å². The van der Waals surface area contributed by atoms with Gasteiger partial charge >= 0.3 is 0 Å². The Labute approximate surface area is 154 Å². The first-order valence-corrected chi connectivity index (χ1v) is 12.3. The van der Waals surface area contributed by atoms with Crippen molar-refractivity contribution in [2.45, 2.75) is 59.5 Å². The van der Waals surface area contributed by atoms with Crippen LogP contribution in [0.25, 0.3) is 6.08 Å². The number of fused-ring (bicyclic) bond motifs is 1. The minimum Gasteiger partial charge on any atom is -0.407 e. The van der Waals surface area contributed by atoms with E-state index in [2.05, 4.69) is 95.2 Å². The zero-order valence-electron chi connectivity index (χ0n) is 16.7. The van der Waals surface area contributed by atoms with Crippen molar-refractivity contribution in [3.8, 4) is 0 Å². The number of rotatable bonds is 3. The van der Waals surface area contributed by atoms with Crippen LogP contribution >= 0.6 is 0 Å². The Morgan fingerprint density at radius 2 is 1.60 bits per heavy atom. The molecule has 2 heteroatoms. The average Bonchev–Trinajstić information content (AvgIpc) is 2.87. The quantitative estimate of drug-likeness (QED) is 0.693. The van der Waals surface area contributed by atoms with E-state index in [1.54, 1.807) is 10.8 Å². The number of aryl methyl sites for hydroxylation is 1. The molecule has 2 aromatic rings. The Bertz CT molecular complexity index is 820. The van der Waals surface area contributed by atoms with E-state index in [0.29, 0.717) is 0 Å². The molecule has 1 nitrogen and oxygen atoms in total. The van der Waals surface area contributed by atoms with Gasteiger partial charge in [-0.3, -0.25) is 0 Å². The predicted molar refractivity (Wildman–Crippen MR) is 114 cm³/mol. The lowest BCUT2D eigenvalue weighted by Crippen LogP contribution is -2.51. The monoisotopic (exact) mass is 349 g/mol. The smallest absolute Gasteiger partial charge is 0.179 e. The van der Waals surface area contributed by atoms with E-state index in [1.165, 1.54) is 28.0 Å². The van der Waals surface area contributed by atoms with Gasteiger partial charge in [0.15, 0.2) is 8.24 Å². The van der Waals surface area contributed by atoms with Crippen molar-refractivity contribution in [3.05, 3.63) is 64.2 Å². The predicted octanol–water partition coefficient (Wildman–Crippen LogP) is 5.78. The number of nitrogens with one attached hydrogen (secondary N) is 1. The van der Waals surface area contributed by atoms with Crippen molar-refractivity contribution in [2.24, 2.45) is 0 Å². The van der Waals surface area contributed by atoms with Crippen LogP contribution < -0.4 is 10.2 Å². The lowest BCUT2D eigenvalue weighted by molar-refractivity contribution is 0.590. The molecule has 2 aromatic carbocycles. The van der Waals surface area contributed by atoms with Crippen LogP contribution in [0.4, 0.5) is 5.69 Å². The van der Waals surface area contributed by atoms with Crippen LogP contribution in [0.5, 0.6) is 0 Å². The van der Waals surface area contributed by atoms with Gasteiger partial charge in [0.2, 0.25) is 0 Å². The SMILES string of the molecule is CC1=Cc2cc(C(C)(C)C)cc([Si](C)(C)Nc3ccc(C)cc3)c2C1. The number of hydrogen-bond acceptors (Lipinski definition) is 1. The minimum absolute atomic E-state index is 0.169. The Hall–Kier alpha value is -1.80. The summed E-state index contributed by atoms with van der Waals surface area (Å²) in [5.74, 6) is 0. The van der Waals surface area contributed by atoms with Gasteiger partial charge in [0.25, 0.3) is 0 Å². The van der Waals surface area contributed by atoms with Crippen LogP contribution in [0.1, 0.15) is 49.9 Å². The van der Waals surface area contributed by atoms with Crippen LogP contribution in [-0.2, 0) is 11.8 Å². The summed E-state index contributed by atoms with van der Waals surface area (Å²) >= 11 is 0. The molecule has 0 aromatic heterocycles. The van der Waals surface area contributed by atoms with E-state index in [9.17, 15) is 0 Å². The molecular formula is C23H31NSi. The van der Waals surface area contributed by atoms with Crippen molar-refractivity contribution in [1.29, 1.82) is 0 Å². The van der Waals surface area contributed by atoms with Crippen molar-refractivity contribution in [2.75, 3.05) is 4.98 Å². The van der Waals surface area contributed by atoms with Gasteiger partial charge in [-0.15, -0.1) is 0 Å². The van der Waals surface area contributed by atoms with Gasteiger partial charge in [0.05, 0.1) is 0 Å². The molecule has 0 spiro atoms. The van der Waals surface area contributed by atoms with Crippen LogP contribution in [-0.4, -0.2) is 8.24 Å². The zero-order chi connectivity index (χ0) is 18.4. The van der Waals surface area contributed by atoms with Gasteiger partial charge in [0.1, 0.15) is 0 Å². The topological polar surface area (TPSA) is 12.0 Å². The highest BCUT2D eigenvalue weighted by atomic mass is 28.3. The van der Waals surface area contributed by atoms with Crippen LogP contribution in [0.15, 0.2) is 42.0 Å². The standard InChI is InChI=1S/C23H31NSi/c1-16-8-10-20(11-9-16)24-25(6,7)22-15-19(23(3,4)5)14-18-12-17(2)13-21(18)22/h8-12,14-15,24H,13H2,1-7H3. The van der Waals surface area contributed by atoms with Crippen LogP contribution in [0.2, 0.25) is 13.1 Å². The number of anilines is 1.